The Labute approximate surface area is 181 Å². The largest absolute Gasteiger partial charge is 0.495 e. The molecule has 0 fully saturated rings. The number of halogens is 2. The van der Waals surface area contributed by atoms with Crippen LogP contribution >= 0.6 is 23.2 Å². The molecule has 2 aromatic carbocycles. The number of ether oxygens (including phenoxy) is 1. The molecule has 0 heterocycles. The molecule has 0 aliphatic rings. The van der Waals surface area contributed by atoms with Gasteiger partial charge in [0.2, 0.25) is 5.91 Å². The number of hydrogen-bond acceptors (Lipinski definition) is 4. The predicted molar refractivity (Wildman–Crippen MR) is 116 cm³/mol. The maximum absolute atomic E-state index is 13.5. The number of hydrogen-bond donors (Lipinski definition) is 1. The molecule has 0 spiro atoms. The van der Waals surface area contributed by atoms with Crippen molar-refractivity contribution in [1.29, 1.82) is 0 Å². The Hall–Kier alpha value is -1.96. The highest BCUT2D eigenvalue weighted by atomic mass is 35.5. The number of para-hydroxylation sites is 2. The van der Waals surface area contributed by atoms with E-state index in [-0.39, 0.29) is 32.6 Å². The lowest BCUT2D eigenvalue weighted by Gasteiger charge is -2.27. The first kappa shape index (κ1) is 23.3. The number of methoxy groups -OCH3 is 1. The van der Waals surface area contributed by atoms with Crippen LogP contribution in [0.3, 0.4) is 0 Å². The van der Waals surface area contributed by atoms with E-state index in [0.717, 1.165) is 4.31 Å². The van der Waals surface area contributed by atoms with Gasteiger partial charge in [0.1, 0.15) is 17.2 Å². The van der Waals surface area contributed by atoms with Crippen molar-refractivity contribution in [3.63, 3.8) is 0 Å². The predicted octanol–water partition coefficient (Wildman–Crippen LogP) is 4.36. The summed E-state index contributed by atoms with van der Waals surface area (Å²) in [7, 11) is -2.79. The van der Waals surface area contributed by atoms with Gasteiger partial charge in [-0.15, -0.1) is 0 Å². The van der Waals surface area contributed by atoms with Crippen LogP contribution in [0.2, 0.25) is 10.0 Å². The van der Waals surface area contributed by atoms with E-state index in [1.807, 2.05) is 20.8 Å². The third kappa shape index (κ3) is 5.56. The Kier molecular flexibility index (Phi) is 7.80. The Morgan fingerprint density at radius 1 is 1.14 bits per heavy atom. The van der Waals surface area contributed by atoms with E-state index in [4.69, 9.17) is 27.9 Å². The van der Waals surface area contributed by atoms with Gasteiger partial charge >= 0.3 is 0 Å². The van der Waals surface area contributed by atoms with Gasteiger partial charge in [-0.1, -0.05) is 49.2 Å². The van der Waals surface area contributed by atoms with Crippen LogP contribution in [-0.4, -0.2) is 34.0 Å². The zero-order valence-corrected chi connectivity index (χ0v) is 19.0. The van der Waals surface area contributed by atoms with Crippen LogP contribution in [0.25, 0.3) is 0 Å². The van der Waals surface area contributed by atoms with Gasteiger partial charge in [0.25, 0.3) is 10.0 Å². The van der Waals surface area contributed by atoms with Crippen molar-refractivity contribution in [1.82, 2.24) is 5.32 Å². The fraction of sp³-hybridized carbons (Fsp3) is 0.350. The monoisotopic (exact) mass is 458 g/mol. The number of nitrogens with one attached hydrogen (secondary N) is 1. The van der Waals surface area contributed by atoms with E-state index in [9.17, 15) is 13.2 Å². The minimum Gasteiger partial charge on any atom is -0.495 e. The molecule has 2 rings (SSSR count). The fourth-order valence-electron chi connectivity index (χ4n) is 2.53. The fourth-order valence-corrected chi connectivity index (χ4v) is 4.70. The van der Waals surface area contributed by atoms with Crippen LogP contribution in [0.5, 0.6) is 5.75 Å². The molecule has 0 aliphatic heterocycles. The van der Waals surface area contributed by atoms with Crippen molar-refractivity contribution in [3.8, 4) is 5.75 Å². The standard InChI is InChI=1S/C20H24Cl2N2O4S/c1-13(2)14(3)23-20(25)12-24(17-7-5-6-8-18(17)28-4)29(26,27)19-11-15(21)9-10-16(19)22/h5-11,13-14H,12H2,1-4H3,(H,23,25). The summed E-state index contributed by atoms with van der Waals surface area (Å²) < 4.78 is 33.2. The molecule has 0 radical (unpaired) electrons. The summed E-state index contributed by atoms with van der Waals surface area (Å²) in [6.45, 7) is 5.35. The summed E-state index contributed by atoms with van der Waals surface area (Å²) in [5.74, 6) is 0.0513. The second-order valence-electron chi connectivity index (χ2n) is 6.86. The average molecular weight is 459 g/mol. The second-order valence-corrected chi connectivity index (χ2v) is 9.53. The van der Waals surface area contributed by atoms with E-state index < -0.39 is 22.5 Å². The molecule has 2 aromatic rings. The third-order valence-electron chi connectivity index (χ3n) is 4.49. The van der Waals surface area contributed by atoms with Crippen LogP contribution in [0, 0.1) is 5.92 Å². The maximum Gasteiger partial charge on any atom is 0.266 e. The number of benzene rings is 2. The molecule has 158 valence electrons. The summed E-state index contributed by atoms with van der Waals surface area (Å²) >= 11 is 12.1. The van der Waals surface area contributed by atoms with Crippen LogP contribution in [0.15, 0.2) is 47.4 Å². The minimum absolute atomic E-state index is 0.00487. The van der Waals surface area contributed by atoms with E-state index in [1.54, 1.807) is 24.3 Å². The molecule has 29 heavy (non-hydrogen) atoms. The lowest BCUT2D eigenvalue weighted by atomic mass is 10.1. The topological polar surface area (TPSA) is 75.7 Å². The number of carbonyl (C=O) groups excluding carboxylic acids is 1. The van der Waals surface area contributed by atoms with Gasteiger partial charge in [-0.25, -0.2) is 8.42 Å². The van der Waals surface area contributed by atoms with Gasteiger partial charge < -0.3 is 10.1 Å². The van der Waals surface area contributed by atoms with E-state index in [1.165, 1.54) is 25.3 Å². The van der Waals surface area contributed by atoms with Crippen molar-refractivity contribution < 1.29 is 17.9 Å². The van der Waals surface area contributed by atoms with Crippen LogP contribution in [0.1, 0.15) is 20.8 Å². The Morgan fingerprint density at radius 3 is 2.41 bits per heavy atom. The molecule has 1 amide bonds. The lowest BCUT2D eigenvalue weighted by Crippen LogP contribution is -2.45. The average Bonchev–Trinajstić information content (AvgIpc) is 2.67. The molecule has 6 nitrogen and oxygen atoms in total. The molecule has 0 saturated carbocycles. The number of nitrogens with zero attached hydrogens (tertiary/aromatic N) is 1. The van der Waals surface area contributed by atoms with Crippen molar-refractivity contribution in [2.24, 2.45) is 5.92 Å². The molecule has 1 unspecified atom stereocenters. The zero-order valence-electron chi connectivity index (χ0n) is 16.6. The van der Waals surface area contributed by atoms with Crippen LogP contribution in [0.4, 0.5) is 5.69 Å². The van der Waals surface area contributed by atoms with Gasteiger partial charge in [-0.2, -0.15) is 0 Å². The smallest absolute Gasteiger partial charge is 0.266 e. The Balaban J connectivity index is 2.55. The Morgan fingerprint density at radius 2 is 1.79 bits per heavy atom. The molecule has 1 atom stereocenters. The molecule has 1 N–H and O–H groups in total. The first-order valence-corrected chi connectivity index (χ1v) is 11.2. The van der Waals surface area contributed by atoms with E-state index in [0.29, 0.717) is 5.75 Å². The highest BCUT2D eigenvalue weighted by Crippen LogP contribution is 2.35. The first-order chi connectivity index (χ1) is 13.6. The van der Waals surface area contributed by atoms with Crippen molar-refractivity contribution in [2.45, 2.75) is 31.7 Å². The van der Waals surface area contributed by atoms with Crippen LogP contribution < -0.4 is 14.4 Å². The molecule has 0 aromatic heterocycles. The highest BCUT2D eigenvalue weighted by Gasteiger charge is 2.31. The zero-order chi connectivity index (χ0) is 21.8. The molecular weight excluding hydrogens is 435 g/mol. The van der Waals surface area contributed by atoms with Crippen molar-refractivity contribution in [3.05, 3.63) is 52.5 Å². The van der Waals surface area contributed by atoms with E-state index in [2.05, 4.69) is 5.32 Å². The first-order valence-electron chi connectivity index (χ1n) is 8.98. The summed E-state index contributed by atoms with van der Waals surface area (Å²) in [6.07, 6.45) is 0. The number of sulfonamides is 1. The minimum atomic E-state index is -4.21. The third-order valence-corrected chi connectivity index (χ3v) is 6.97. The van der Waals surface area contributed by atoms with E-state index >= 15 is 0 Å². The van der Waals surface area contributed by atoms with Crippen molar-refractivity contribution in [2.75, 3.05) is 18.0 Å². The van der Waals surface area contributed by atoms with Crippen molar-refractivity contribution >= 4 is 44.8 Å². The Bertz CT molecular complexity index is 980. The molecule has 0 bridgehead atoms. The SMILES string of the molecule is COc1ccccc1N(CC(=O)NC(C)C(C)C)S(=O)(=O)c1cc(Cl)ccc1Cl. The second kappa shape index (κ2) is 9.69. The van der Waals surface area contributed by atoms with Gasteiger partial charge in [0.15, 0.2) is 0 Å². The number of amides is 1. The molecular formula is C20H24Cl2N2O4S. The van der Waals surface area contributed by atoms with Gasteiger partial charge in [0.05, 0.1) is 17.8 Å². The summed E-state index contributed by atoms with van der Waals surface area (Å²) in [5, 5.41) is 3.04. The van der Waals surface area contributed by atoms with Gasteiger partial charge in [-0.05, 0) is 43.2 Å². The number of anilines is 1. The molecule has 0 aliphatic carbocycles. The summed E-state index contributed by atoms with van der Waals surface area (Å²) in [6, 6.07) is 10.6. The van der Waals surface area contributed by atoms with Gasteiger partial charge in [-0.3, -0.25) is 9.10 Å². The quantitative estimate of drug-likeness (QED) is 0.637. The van der Waals surface area contributed by atoms with Crippen LogP contribution in [-0.2, 0) is 14.8 Å². The summed E-state index contributed by atoms with van der Waals surface area (Å²) in [5.41, 5.74) is 0.221. The maximum atomic E-state index is 13.5. The lowest BCUT2D eigenvalue weighted by molar-refractivity contribution is -0.120. The normalized spacial score (nSPS) is 12.5. The molecule has 0 saturated heterocycles. The van der Waals surface area contributed by atoms with Gasteiger partial charge in [0, 0.05) is 11.1 Å². The summed E-state index contributed by atoms with van der Waals surface area (Å²) in [4.78, 5) is 12.5. The molecule has 9 heteroatoms. The number of carbonyl (C=O) groups is 1. The highest BCUT2D eigenvalue weighted by molar-refractivity contribution is 7.93. The number of rotatable bonds is 8.